The predicted octanol–water partition coefficient (Wildman–Crippen LogP) is 0.696. The van der Waals surface area contributed by atoms with Gasteiger partial charge in [-0.15, -0.1) is 0 Å². The first-order valence-corrected chi connectivity index (χ1v) is 8.61. The largest absolute Gasteiger partial charge is 0.448 e. The molecule has 1 unspecified atom stereocenters. The third-order valence-corrected chi connectivity index (χ3v) is 5.85. The van der Waals surface area contributed by atoms with Crippen LogP contribution in [0.15, 0.2) is 15.6 Å². The third kappa shape index (κ3) is 3.04. The number of nitrogens with two attached hydrogens (primary N) is 1. The maximum atomic E-state index is 12.4. The lowest BCUT2D eigenvalue weighted by molar-refractivity contribution is 0.0896. The number of nitrogens with zero attached hydrogens (tertiary/aromatic N) is 1. The number of furan rings is 1. The summed E-state index contributed by atoms with van der Waals surface area (Å²) < 4.78 is 30.4. The molecule has 0 saturated heterocycles. The Labute approximate surface area is 130 Å². The predicted molar refractivity (Wildman–Crippen MR) is 82.0 cm³/mol. The molecule has 1 heterocycles. The highest BCUT2D eigenvalue weighted by Gasteiger charge is 2.42. The van der Waals surface area contributed by atoms with Gasteiger partial charge < -0.3 is 15.5 Å². The lowest BCUT2D eigenvalue weighted by Crippen LogP contribution is -2.53. The zero-order valence-corrected chi connectivity index (χ0v) is 14.2. The van der Waals surface area contributed by atoms with Gasteiger partial charge in [-0.1, -0.05) is 0 Å². The zero-order chi connectivity index (χ0) is 16.7. The number of hydrogen-bond acceptors (Lipinski definition) is 5. The Morgan fingerprint density at radius 2 is 2.09 bits per heavy atom. The van der Waals surface area contributed by atoms with Gasteiger partial charge in [-0.3, -0.25) is 4.79 Å². The number of carbonyl (C=O) groups excluding carboxylic acids is 1. The van der Waals surface area contributed by atoms with Gasteiger partial charge in [0.1, 0.15) is 5.76 Å². The summed E-state index contributed by atoms with van der Waals surface area (Å²) in [5, 5.41) is 2.69. The molecule has 1 aliphatic carbocycles. The Bertz CT molecular complexity index is 676. The van der Waals surface area contributed by atoms with Crippen molar-refractivity contribution in [3.05, 3.63) is 17.4 Å². The molecular formula is C14H23N3O4S. The van der Waals surface area contributed by atoms with Crippen molar-refractivity contribution >= 4 is 15.9 Å². The van der Waals surface area contributed by atoms with Crippen molar-refractivity contribution in [2.75, 3.05) is 20.6 Å². The van der Waals surface area contributed by atoms with Crippen LogP contribution in [0, 0.1) is 12.8 Å². The van der Waals surface area contributed by atoms with Crippen LogP contribution < -0.4 is 11.1 Å². The summed E-state index contributed by atoms with van der Waals surface area (Å²) in [5.41, 5.74) is 5.54. The second kappa shape index (κ2) is 5.68. The molecular weight excluding hydrogens is 306 g/mol. The van der Waals surface area contributed by atoms with E-state index in [2.05, 4.69) is 5.32 Å². The fourth-order valence-electron chi connectivity index (χ4n) is 2.35. The first-order chi connectivity index (χ1) is 10.1. The average Bonchev–Trinajstić information content (AvgIpc) is 3.21. The fraction of sp³-hybridized carbons (Fsp3) is 0.643. The highest BCUT2D eigenvalue weighted by molar-refractivity contribution is 7.88. The minimum atomic E-state index is -3.70. The maximum absolute atomic E-state index is 12.4. The fourth-order valence-corrected chi connectivity index (χ4v) is 3.21. The van der Waals surface area contributed by atoms with E-state index in [4.69, 9.17) is 10.2 Å². The number of amides is 1. The van der Waals surface area contributed by atoms with E-state index in [1.807, 2.05) is 6.92 Å². The molecule has 22 heavy (non-hydrogen) atoms. The molecule has 3 N–H and O–H groups in total. The van der Waals surface area contributed by atoms with E-state index in [0.29, 0.717) is 12.5 Å². The van der Waals surface area contributed by atoms with Crippen molar-refractivity contribution in [2.24, 2.45) is 11.7 Å². The van der Waals surface area contributed by atoms with E-state index in [9.17, 15) is 13.2 Å². The van der Waals surface area contributed by atoms with Crippen molar-refractivity contribution in [3.63, 3.8) is 0 Å². The molecule has 1 aromatic heterocycles. The van der Waals surface area contributed by atoms with Crippen LogP contribution in [0.2, 0.25) is 0 Å². The Balaban J connectivity index is 2.26. The van der Waals surface area contributed by atoms with Crippen LogP contribution in [0.1, 0.15) is 35.9 Å². The van der Waals surface area contributed by atoms with Gasteiger partial charge >= 0.3 is 0 Å². The molecule has 1 aromatic rings. The van der Waals surface area contributed by atoms with Gasteiger partial charge in [-0.05, 0) is 32.6 Å². The van der Waals surface area contributed by atoms with Gasteiger partial charge in [-0.2, -0.15) is 0 Å². The second-order valence-electron chi connectivity index (χ2n) is 6.17. The van der Waals surface area contributed by atoms with Crippen molar-refractivity contribution < 1.29 is 17.6 Å². The summed E-state index contributed by atoms with van der Waals surface area (Å²) in [7, 11) is -0.887. The molecule has 1 atom stereocenters. The molecule has 1 fully saturated rings. The summed E-state index contributed by atoms with van der Waals surface area (Å²) >= 11 is 0. The Hall–Kier alpha value is -1.38. The Morgan fingerprint density at radius 3 is 2.55 bits per heavy atom. The smallest absolute Gasteiger partial charge is 0.275 e. The molecule has 0 radical (unpaired) electrons. The minimum absolute atomic E-state index is 0.223. The van der Waals surface area contributed by atoms with E-state index >= 15 is 0 Å². The highest BCUT2D eigenvalue weighted by atomic mass is 32.2. The first kappa shape index (κ1) is 17.0. The monoisotopic (exact) mass is 329 g/mol. The minimum Gasteiger partial charge on any atom is -0.448 e. The molecule has 0 spiro atoms. The lowest BCUT2D eigenvalue weighted by Gasteiger charge is -2.29. The molecule has 124 valence electrons. The van der Waals surface area contributed by atoms with E-state index in [1.165, 1.54) is 20.2 Å². The zero-order valence-electron chi connectivity index (χ0n) is 13.3. The molecule has 0 bridgehead atoms. The van der Waals surface area contributed by atoms with Crippen LogP contribution in [0.4, 0.5) is 0 Å². The second-order valence-corrected chi connectivity index (χ2v) is 8.26. The Kier molecular flexibility index (Phi) is 4.38. The van der Waals surface area contributed by atoms with Gasteiger partial charge in [0, 0.05) is 26.7 Å². The van der Waals surface area contributed by atoms with Crippen molar-refractivity contribution in [2.45, 2.75) is 37.3 Å². The maximum Gasteiger partial charge on any atom is 0.275 e. The molecule has 1 saturated carbocycles. The number of hydrogen-bond donors (Lipinski definition) is 2. The summed E-state index contributed by atoms with van der Waals surface area (Å²) in [6.07, 6.45) is 2.08. The van der Waals surface area contributed by atoms with Crippen LogP contribution >= 0.6 is 0 Å². The number of rotatable bonds is 6. The van der Waals surface area contributed by atoms with Crippen molar-refractivity contribution in [1.29, 1.82) is 0 Å². The average molecular weight is 329 g/mol. The summed E-state index contributed by atoms with van der Waals surface area (Å²) in [6.45, 7) is 3.82. The van der Waals surface area contributed by atoms with Gasteiger partial charge in [-0.25, -0.2) is 12.7 Å². The molecule has 0 aromatic carbocycles. The highest BCUT2D eigenvalue weighted by Crippen LogP contribution is 2.39. The van der Waals surface area contributed by atoms with Crippen molar-refractivity contribution in [1.82, 2.24) is 9.62 Å². The molecule has 7 nitrogen and oxygen atoms in total. The van der Waals surface area contributed by atoms with Gasteiger partial charge in [0.05, 0.1) is 11.1 Å². The van der Waals surface area contributed by atoms with E-state index < -0.39 is 15.6 Å². The molecule has 1 aliphatic rings. The SMILES string of the molecule is Cc1oc(S(=O)(=O)N(C)C)cc1C(=O)NC(C)(CN)C1CC1. The Morgan fingerprint density at radius 1 is 1.50 bits per heavy atom. The quantitative estimate of drug-likeness (QED) is 0.799. The number of sulfonamides is 1. The molecule has 0 aliphatic heterocycles. The lowest BCUT2D eigenvalue weighted by atomic mass is 9.95. The number of aryl methyl sites for hydroxylation is 1. The van der Waals surface area contributed by atoms with E-state index in [0.717, 1.165) is 17.1 Å². The molecule has 2 rings (SSSR count). The van der Waals surface area contributed by atoms with E-state index in [1.54, 1.807) is 6.92 Å². The summed E-state index contributed by atoms with van der Waals surface area (Å²) in [5.74, 6) is 0.285. The first-order valence-electron chi connectivity index (χ1n) is 7.17. The molecule has 1 amide bonds. The summed E-state index contributed by atoms with van der Waals surface area (Å²) in [6, 6.07) is 1.27. The standard InChI is InChI=1S/C14H23N3O4S/c1-9-11(7-12(21-9)22(19,20)17(3)4)13(18)16-14(2,8-15)10-5-6-10/h7,10H,5-6,8,15H2,1-4H3,(H,16,18). The van der Waals surface area contributed by atoms with Crippen LogP contribution in [-0.2, 0) is 10.0 Å². The topological polar surface area (TPSA) is 106 Å². The van der Waals surface area contributed by atoms with E-state index in [-0.39, 0.29) is 22.3 Å². The molecule has 8 heteroatoms. The third-order valence-electron chi connectivity index (χ3n) is 4.18. The van der Waals surface area contributed by atoms with Gasteiger partial charge in [0.15, 0.2) is 0 Å². The van der Waals surface area contributed by atoms with Crippen molar-refractivity contribution in [3.8, 4) is 0 Å². The summed E-state index contributed by atoms with van der Waals surface area (Å²) in [4.78, 5) is 12.4. The number of carbonyl (C=O) groups is 1. The van der Waals surface area contributed by atoms with Crippen LogP contribution in [0.25, 0.3) is 0 Å². The van der Waals surface area contributed by atoms with Gasteiger partial charge in [0.25, 0.3) is 15.9 Å². The van der Waals surface area contributed by atoms with Gasteiger partial charge in [0.2, 0.25) is 5.09 Å². The van der Waals surface area contributed by atoms with Crippen LogP contribution in [0.5, 0.6) is 0 Å². The normalized spacial score (nSPS) is 18.3. The number of nitrogens with one attached hydrogen (secondary N) is 1. The van der Waals surface area contributed by atoms with Crippen LogP contribution in [-0.4, -0.2) is 44.8 Å². The van der Waals surface area contributed by atoms with Crippen LogP contribution in [0.3, 0.4) is 0 Å².